The fourth-order valence-electron chi connectivity index (χ4n) is 1.12. The minimum Gasteiger partial charge on any atom is -0.467 e. The minimum absolute atomic E-state index is 0.0404. The van der Waals surface area contributed by atoms with Crippen LogP contribution in [0.3, 0.4) is 0 Å². The van der Waals surface area contributed by atoms with Crippen molar-refractivity contribution >= 4 is 21.9 Å². The molecule has 0 aliphatic carbocycles. The summed E-state index contributed by atoms with van der Waals surface area (Å²) in [5, 5.41) is 0. The number of halogens is 2. The average Bonchev–Trinajstić information content (AvgIpc) is 2.36. The van der Waals surface area contributed by atoms with E-state index < -0.39 is 11.8 Å². The molecule has 0 saturated carbocycles. The van der Waals surface area contributed by atoms with E-state index >= 15 is 0 Å². The van der Waals surface area contributed by atoms with E-state index in [1.165, 1.54) is 20.3 Å². The number of esters is 1. The van der Waals surface area contributed by atoms with E-state index in [4.69, 9.17) is 14.2 Å². The smallest absolute Gasteiger partial charge is 0.344 e. The Bertz CT molecular complexity index is 424. The molecule has 100 valence electrons. The van der Waals surface area contributed by atoms with Crippen LogP contribution in [0.25, 0.3) is 0 Å². The first-order chi connectivity index (χ1) is 8.60. The molecule has 0 amide bonds. The molecule has 0 atom stereocenters. The van der Waals surface area contributed by atoms with E-state index in [1.54, 1.807) is 0 Å². The normalized spacial score (nSPS) is 10.2. The Morgan fingerprint density at radius 3 is 2.56 bits per heavy atom. The van der Waals surface area contributed by atoms with Crippen molar-refractivity contribution in [2.45, 2.75) is 0 Å². The van der Waals surface area contributed by atoms with Crippen LogP contribution in [0.2, 0.25) is 0 Å². The molecule has 1 rings (SSSR count). The lowest BCUT2D eigenvalue weighted by atomic mass is 10.2. The van der Waals surface area contributed by atoms with Crippen LogP contribution >= 0.6 is 15.9 Å². The van der Waals surface area contributed by atoms with Crippen LogP contribution in [0.15, 0.2) is 16.6 Å². The van der Waals surface area contributed by atoms with Crippen molar-refractivity contribution in [3.63, 3.8) is 0 Å². The van der Waals surface area contributed by atoms with Crippen LogP contribution in [0.1, 0.15) is 10.4 Å². The Morgan fingerprint density at radius 2 is 1.94 bits per heavy atom. The zero-order valence-corrected chi connectivity index (χ0v) is 11.5. The lowest BCUT2D eigenvalue weighted by molar-refractivity contribution is -0.0132. The van der Waals surface area contributed by atoms with Crippen molar-refractivity contribution in [1.82, 2.24) is 0 Å². The Balaban J connectivity index is 2.98. The molecule has 1 aromatic rings. The summed E-state index contributed by atoms with van der Waals surface area (Å²) in [4.78, 5) is 11.7. The van der Waals surface area contributed by atoms with Gasteiger partial charge in [0.25, 0.3) is 0 Å². The molecule has 0 unspecified atom stereocenters. The predicted molar refractivity (Wildman–Crippen MR) is 63.9 cm³/mol. The number of hydrogen-bond acceptors (Lipinski definition) is 5. The van der Waals surface area contributed by atoms with Gasteiger partial charge < -0.3 is 18.9 Å². The van der Waals surface area contributed by atoms with Crippen molar-refractivity contribution in [3.05, 3.63) is 28.0 Å². The predicted octanol–water partition coefficient (Wildman–Crippen LogP) is 2.33. The largest absolute Gasteiger partial charge is 0.467 e. The molecule has 1 aromatic carbocycles. The zero-order valence-electron chi connectivity index (χ0n) is 9.87. The van der Waals surface area contributed by atoms with Gasteiger partial charge in [0.15, 0.2) is 13.6 Å². The molecule has 7 heteroatoms. The summed E-state index contributed by atoms with van der Waals surface area (Å²) >= 11 is 2.98. The highest BCUT2D eigenvalue weighted by molar-refractivity contribution is 9.10. The van der Waals surface area contributed by atoms with E-state index in [0.717, 1.165) is 6.07 Å². The van der Waals surface area contributed by atoms with Gasteiger partial charge in [0.1, 0.15) is 17.1 Å². The van der Waals surface area contributed by atoms with Gasteiger partial charge in [-0.1, -0.05) is 0 Å². The molecule has 0 fully saturated rings. The molecule has 5 nitrogen and oxygen atoms in total. The van der Waals surface area contributed by atoms with E-state index in [1.807, 2.05) is 0 Å². The van der Waals surface area contributed by atoms with Gasteiger partial charge in [0.05, 0.1) is 4.47 Å². The zero-order chi connectivity index (χ0) is 13.5. The average molecular weight is 323 g/mol. The number of rotatable bonds is 6. The maximum absolute atomic E-state index is 13.4. The monoisotopic (exact) mass is 322 g/mol. The van der Waals surface area contributed by atoms with Crippen molar-refractivity contribution in [2.75, 3.05) is 27.8 Å². The van der Waals surface area contributed by atoms with Gasteiger partial charge in [-0.25, -0.2) is 9.18 Å². The summed E-state index contributed by atoms with van der Waals surface area (Å²) in [6, 6.07) is 2.35. The van der Waals surface area contributed by atoms with Crippen molar-refractivity contribution < 1.29 is 28.1 Å². The first-order valence-electron chi connectivity index (χ1n) is 4.87. The van der Waals surface area contributed by atoms with Crippen molar-refractivity contribution in [2.24, 2.45) is 0 Å². The highest BCUT2D eigenvalue weighted by Gasteiger charge is 2.17. The summed E-state index contributed by atoms with van der Waals surface area (Å²) < 4.78 is 32.7. The van der Waals surface area contributed by atoms with Gasteiger partial charge in [0, 0.05) is 20.3 Å². The van der Waals surface area contributed by atoms with E-state index in [0.29, 0.717) is 0 Å². The van der Waals surface area contributed by atoms with Crippen LogP contribution in [0, 0.1) is 5.82 Å². The summed E-state index contributed by atoms with van der Waals surface area (Å²) in [5.74, 6) is -1.19. The first-order valence-corrected chi connectivity index (χ1v) is 5.66. The van der Waals surface area contributed by atoms with Crippen LogP contribution in [0.5, 0.6) is 5.75 Å². The maximum Gasteiger partial charge on any atom is 0.344 e. The number of carbonyl (C=O) groups is 1. The number of benzene rings is 1. The molecular weight excluding hydrogens is 311 g/mol. The molecule has 0 spiro atoms. The van der Waals surface area contributed by atoms with Gasteiger partial charge in [-0.05, 0) is 22.0 Å². The molecule has 0 heterocycles. The lowest BCUT2D eigenvalue weighted by Gasteiger charge is -2.11. The second-order valence-corrected chi connectivity index (χ2v) is 4.01. The molecule has 0 radical (unpaired) electrons. The van der Waals surface area contributed by atoms with Crippen molar-refractivity contribution in [3.8, 4) is 5.75 Å². The standard InChI is InChI=1S/C11H12BrFO5/c1-15-5-17-10-4-9(13)8(12)3-7(10)11(14)18-6-16-2/h3-4H,5-6H2,1-2H3. The third-order valence-corrected chi connectivity index (χ3v) is 2.49. The molecule has 0 bridgehead atoms. The summed E-state index contributed by atoms with van der Waals surface area (Å²) in [5.41, 5.74) is 0.0809. The Hall–Kier alpha value is -1.18. The highest BCUT2D eigenvalue weighted by atomic mass is 79.9. The van der Waals surface area contributed by atoms with Gasteiger partial charge in [0.2, 0.25) is 0 Å². The fraction of sp³-hybridized carbons (Fsp3) is 0.364. The highest BCUT2D eigenvalue weighted by Crippen LogP contribution is 2.27. The van der Waals surface area contributed by atoms with E-state index in [-0.39, 0.29) is 29.4 Å². The summed E-state index contributed by atoms with van der Waals surface area (Å²) in [6.45, 7) is -0.302. The summed E-state index contributed by atoms with van der Waals surface area (Å²) in [6.07, 6.45) is 0. The Morgan fingerprint density at radius 1 is 1.28 bits per heavy atom. The second-order valence-electron chi connectivity index (χ2n) is 3.15. The Kier molecular flexibility index (Phi) is 6.03. The van der Waals surface area contributed by atoms with Gasteiger partial charge in [-0.15, -0.1) is 0 Å². The van der Waals surface area contributed by atoms with Crippen LogP contribution < -0.4 is 4.74 Å². The van der Waals surface area contributed by atoms with Crippen molar-refractivity contribution in [1.29, 1.82) is 0 Å². The number of methoxy groups -OCH3 is 2. The molecule has 0 saturated heterocycles. The molecular formula is C11H12BrFO5. The van der Waals surface area contributed by atoms with Crippen LogP contribution in [-0.4, -0.2) is 33.8 Å². The number of ether oxygens (including phenoxy) is 4. The molecule has 0 N–H and O–H groups in total. The third kappa shape index (κ3) is 3.94. The quantitative estimate of drug-likeness (QED) is 0.594. The van der Waals surface area contributed by atoms with Gasteiger partial charge in [-0.2, -0.15) is 0 Å². The lowest BCUT2D eigenvalue weighted by Crippen LogP contribution is -2.11. The molecule has 0 aliphatic rings. The van der Waals surface area contributed by atoms with Crippen LogP contribution in [0.4, 0.5) is 4.39 Å². The Labute approximate surface area is 112 Å². The third-order valence-electron chi connectivity index (χ3n) is 1.88. The van der Waals surface area contributed by atoms with Gasteiger partial charge in [-0.3, -0.25) is 0 Å². The van der Waals surface area contributed by atoms with E-state index in [9.17, 15) is 9.18 Å². The first kappa shape index (κ1) is 14.9. The number of carbonyl (C=O) groups excluding carboxylic acids is 1. The molecule has 0 aromatic heterocycles. The minimum atomic E-state index is -0.677. The number of hydrogen-bond donors (Lipinski definition) is 0. The van der Waals surface area contributed by atoms with Gasteiger partial charge >= 0.3 is 5.97 Å². The topological polar surface area (TPSA) is 54.0 Å². The SMILES string of the molecule is COCOC(=O)c1cc(Br)c(F)cc1OCOC. The van der Waals surface area contributed by atoms with E-state index in [2.05, 4.69) is 20.7 Å². The maximum atomic E-state index is 13.4. The van der Waals surface area contributed by atoms with Crippen LogP contribution in [-0.2, 0) is 14.2 Å². The fourth-order valence-corrected chi connectivity index (χ4v) is 1.46. The molecule has 18 heavy (non-hydrogen) atoms. The molecule has 0 aliphatic heterocycles. The summed E-state index contributed by atoms with van der Waals surface area (Å²) in [7, 11) is 2.80. The second kappa shape index (κ2) is 7.30.